The molecule has 0 heterocycles. The molecule has 0 rings (SSSR count). The van der Waals surface area contributed by atoms with Crippen LogP contribution in [-0.4, -0.2) is 40.2 Å². The molecule has 0 saturated carbocycles. The molecule has 0 aromatic carbocycles. The van der Waals surface area contributed by atoms with E-state index >= 15 is 0 Å². The minimum atomic E-state index is 0.122. The lowest BCUT2D eigenvalue weighted by molar-refractivity contribution is 0.122. The first kappa shape index (κ1) is 14.8. The second-order valence-electron chi connectivity index (χ2n) is 3.76. The largest absolute Gasteiger partial charge is 0.395 e. The molecule has 90 valence electrons. The molecule has 0 fully saturated rings. The van der Waals surface area contributed by atoms with Gasteiger partial charge in [0.1, 0.15) is 0 Å². The van der Waals surface area contributed by atoms with E-state index in [1.54, 1.807) is 0 Å². The van der Waals surface area contributed by atoms with Crippen LogP contribution in [0.15, 0.2) is 0 Å². The van der Waals surface area contributed by atoms with E-state index in [4.69, 9.17) is 23.1 Å². The van der Waals surface area contributed by atoms with E-state index in [1.807, 2.05) is 0 Å². The molecular formula is C11H24N2OS. The Morgan fingerprint density at radius 3 is 2.07 bits per heavy atom. The van der Waals surface area contributed by atoms with Gasteiger partial charge in [-0.05, 0) is 19.3 Å². The lowest BCUT2D eigenvalue weighted by Gasteiger charge is -2.36. The maximum absolute atomic E-state index is 9.08. The molecule has 0 aliphatic carbocycles. The molecule has 0 aromatic rings. The lowest BCUT2D eigenvalue weighted by atomic mass is 10.1. The average Bonchev–Trinajstić information content (AvgIpc) is 2.20. The van der Waals surface area contributed by atoms with Crippen molar-refractivity contribution in [1.82, 2.24) is 4.90 Å². The van der Waals surface area contributed by atoms with Gasteiger partial charge in [0.2, 0.25) is 0 Å². The Morgan fingerprint density at radius 1 is 1.27 bits per heavy atom. The molecule has 3 N–H and O–H groups in total. The fourth-order valence-corrected chi connectivity index (χ4v) is 2.37. The van der Waals surface area contributed by atoms with Gasteiger partial charge in [0.15, 0.2) is 0 Å². The lowest BCUT2D eigenvalue weighted by Crippen LogP contribution is -2.49. The third-order valence-electron chi connectivity index (χ3n) is 2.89. The number of rotatable bonds is 8. The molecule has 0 bridgehead atoms. The van der Waals surface area contributed by atoms with Gasteiger partial charge >= 0.3 is 0 Å². The molecule has 4 heteroatoms. The maximum atomic E-state index is 9.08. The summed E-state index contributed by atoms with van der Waals surface area (Å²) in [5.74, 6) is 0. The molecule has 0 aliphatic rings. The van der Waals surface area contributed by atoms with E-state index in [2.05, 4.69) is 25.7 Å². The summed E-state index contributed by atoms with van der Waals surface area (Å²) < 4.78 is 0. The Labute approximate surface area is 98.6 Å². The summed E-state index contributed by atoms with van der Waals surface area (Å²) in [5, 5.41) is 9.08. The molecule has 0 spiro atoms. The summed E-state index contributed by atoms with van der Waals surface area (Å²) in [6, 6.07) is 0.584. The van der Waals surface area contributed by atoms with Crippen molar-refractivity contribution >= 4 is 17.2 Å². The quantitative estimate of drug-likeness (QED) is 0.623. The Bertz CT molecular complexity index is 183. The number of nitrogens with two attached hydrogens (primary N) is 1. The fraction of sp³-hybridized carbons (Fsp3) is 0.909. The zero-order valence-electron chi connectivity index (χ0n) is 10.1. The third kappa shape index (κ3) is 4.45. The van der Waals surface area contributed by atoms with Gasteiger partial charge in [-0.1, -0.05) is 33.0 Å². The number of thiocarbonyl (C=S) groups is 1. The first-order chi connectivity index (χ1) is 7.12. The van der Waals surface area contributed by atoms with Crippen molar-refractivity contribution in [3.05, 3.63) is 0 Å². The topological polar surface area (TPSA) is 49.5 Å². The molecule has 0 amide bonds. The zero-order valence-corrected chi connectivity index (χ0v) is 10.9. The second-order valence-corrected chi connectivity index (χ2v) is 4.23. The van der Waals surface area contributed by atoms with Crippen LogP contribution in [0.1, 0.15) is 40.0 Å². The monoisotopic (exact) mass is 232 g/mol. The van der Waals surface area contributed by atoms with Gasteiger partial charge in [-0.25, -0.2) is 0 Å². The van der Waals surface area contributed by atoms with Crippen molar-refractivity contribution in [2.24, 2.45) is 5.73 Å². The van der Waals surface area contributed by atoms with Crippen LogP contribution in [0.25, 0.3) is 0 Å². The number of aliphatic hydroxyl groups is 1. The van der Waals surface area contributed by atoms with Crippen molar-refractivity contribution in [3.63, 3.8) is 0 Å². The highest BCUT2D eigenvalue weighted by atomic mass is 32.1. The third-order valence-corrected chi connectivity index (χ3v) is 3.16. The van der Waals surface area contributed by atoms with Crippen molar-refractivity contribution in [1.29, 1.82) is 0 Å². The van der Waals surface area contributed by atoms with Crippen molar-refractivity contribution in [3.8, 4) is 0 Å². The van der Waals surface area contributed by atoms with Crippen LogP contribution < -0.4 is 5.73 Å². The van der Waals surface area contributed by atoms with Crippen LogP contribution in [0.5, 0.6) is 0 Å². The molecule has 0 saturated heterocycles. The van der Waals surface area contributed by atoms with E-state index in [0.29, 0.717) is 17.6 Å². The van der Waals surface area contributed by atoms with Crippen LogP contribution >= 0.6 is 12.2 Å². The van der Waals surface area contributed by atoms with Crippen molar-refractivity contribution < 1.29 is 5.11 Å². The molecule has 1 unspecified atom stereocenters. The minimum absolute atomic E-state index is 0.122. The molecule has 0 radical (unpaired) electrons. The van der Waals surface area contributed by atoms with Gasteiger partial charge in [0.05, 0.1) is 17.6 Å². The second kappa shape index (κ2) is 8.02. The Kier molecular flexibility index (Phi) is 7.92. The number of hydrogen-bond donors (Lipinski definition) is 2. The molecule has 0 aromatic heterocycles. The number of hydrogen-bond acceptors (Lipinski definition) is 3. The Morgan fingerprint density at radius 2 is 1.80 bits per heavy atom. The number of nitrogens with zero attached hydrogens (tertiary/aromatic N) is 1. The standard InChI is InChI=1S/C11H24N2OS/c1-4-9(5-2)13(7-8-14)10(6-3)11(12)15/h9-10,14H,4-8H2,1-3H3,(H2,12,15). The smallest absolute Gasteiger partial charge is 0.0902 e. The summed E-state index contributed by atoms with van der Waals surface area (Å²) in [4.78, 5) is 2.78. The van der Waals surface area contributed by atoms with Crippen LogP contribution in [0.4, 0.5) is 0 Å². The van der Waals surface area contributed by atoms with Gasteiger partial charge in [-0.3, -0.25) is 4.90 Å². The molecular weight excluding hydrogens is 208 g/mol. The predicted octanol–water partition coefficient (Wildman–Crippen LogP) is 1.53. The summed E-state index contributed by atoms with van der Waals surface area (Å²) in [7, 11) is 0. The van der Waals surface area contributed by atoms with E-state index < -0.39 is 0 Å². The van der Waals surface area contributed by atoms with Crippen LogP contribution in [0, 0.1) is 0 Å². The average molecular weight is 232 g/mol. The van der Waals surface area contributed by atoms with E-state index in [9.17, 15) is 0 Å². The molecule has 15 heavy (non-hydrogen) atoms. The van der Waals surface area contributed by atoms with Gasteiger partial charge in [-0.2, -0.15) is 0 Å². The van der Waals surface area contributed by atoms with Crippen LogP contribution in [-0.2, 0) is 0 Å². The maximum Gasteiger partial charge on any atom is 0.0902 e. The Hall–Kier alpha value is -0.190. The summed E-state index contributed by atoms with van der Waals surface area (Å²) in [5.41, 5.74) is 5.73. The van der Waals surface area contributed by atoms with Crippen molar-refractivity contribution in [2.75, 3.05) is 13.2 Å². The highest BCUT2D eigenvalue weighted by Gasteiger charge is 2.24. The predicted molar refractivity (Wildman–Crippen MR) is 69.0 cm³/mol. The van der Waals surface area contributed by atoms with Gasteiger partial charge in [0, 0.05) is 12.6 Å². The molecule has 1 atom stereocenters. The van der Waals surface area contributed by atoms with Gasteiger partial charge in [0.25, 0.3) is 0 Å². The summed E-state index contributed by atoms with van der Waals surface area (Å²) >= 11 is 5.08. The molecule has 3 nitrogen and oxygen atoms in total. The zero-order chi connectivity index (χ0) is 11.8. The van der Waals surface area contributed by atoms with E-state index in [0.717, 1.165) is 19.3 Å². The van der Waals surface area contributed by atoms with Crippen LogP contribution in [0.3, 0.4) is 0 Å². The van der Waals surface area contributed by atoms with E-state index in [-0.39, 0.29) is 12.6 Å². The Balaban J connectivity index is 4.65. The highest BCUT2D eigenvalue weighted by Crippen LogP contribution is 2.14. The first-order valence-corrected chi connectivity index (χ1v) is 6.18. The normalized spacial score (nSPS) is 13.5. The number of aliphatic hydroxyl groups excluding tert-OH is 1. The first-order valence-electron chi connectivity index (χ1n) is 5.78. The van der Waals surface area contributed by atoms with Crippen LogP contribution in [0.2, 0.25) is 0 Å². The highest BCUT2D eigenvalue weighted by molar-refractivity contribution is 7.80. The fourth-order valence-electron chi connectivity index (χ4n) is 2.07. The van der Waals surface area contributed by atoms with Gasteiger partial charge in [-0.15, -0.1) is 0 Å². The SMILES string of the molecule is CCC(CC)N(CCO)C(CC)C(N)=S. The van der Waals surface area contributed by atoms with Gasteiger partial charge < -0.3 is 10.8 Å². The minimum Gasteiger partial charge on any atom is -0.395 e. The molecule has 0 aliphatic heterocycles. The summed E-state index contributed by atoms with van der Waals surface area (Å²) in [6.07, 6.45) is 3.04. The van der Waals surface area contributed by atoms with E-state index in [1.165, 1.54) is 0 Å². The summed E-state index contributed by atoms with van der Waals surface area (Å²) in [6.45, 7) is 7.21. The van der Waals surface area contributed by atoms with Crippen molar-refractivity contribution in [2.45, 2.75) is 52.1 Å².